The number of nitrogens with one attached hydrogen (secondary N) is 1. The van der Waals surface area contributed by atoms with Crippen molar-refractivity contribution in [3.05, 3.63) is 121 Å². The van der Waals surface area contributed by atoms with Crippen molar-refractivity contribution in [1.82, 2.24) is 0 Å². The first-order valence-corrected chi connectivity index (χ1v) is 13.4. The van der Waals surface area contributed by atoms with Gasteiger partial charge in [0.2, 0.25) is 0 Å². The molecular formula is C29H19F8NO3S. The van der Waals surface area contributed by atoms with E-state index in [1.54, 1.807) is 0 Å². The predicted octanol–water partition coefficient (Wildman–Crippen LogP) is 8.25. The molecule has 0 saturated carbocycles. The minimum atomic E-state index is -6.61. The van der Waals surface area contributed by atoms with Crippen molar-refractivity contribution >= 4 is 27.9 Å². The van der Waals surface area contributed by atoms with Crippen molar-refractivity contribution in [3.63, 3.8) is 0 Å². The summed E-state index contributed by atoms with van der Waals surface area (Å²) in [7, 11) is -3.72. The quantitative estimate of drug-likeness (QED) is 0.194. The molecule has 0 aliphatic carbocycles. The van der Waals surface area contributed by atoms with Gasteiger partial charge in [-0.05, 0) is 83.1 Å². The minimum absolute atomic E-state index is 0.0103. The van der Waals surface area contributed by atoms with Gasteiger partial charge in [-0.15, -0.1) is 0 Å². The van der Waals surface area contributed by atoms with Crippen LogP contribution in [0, 0.1) is 11.6 Å². The molecule has 4 nitrogen and oxygen atoms in total. The third-order valence-electron chi connectivity index (χ3n) is 5.93. The van der Waals surface area contributed by atoms with Crippen LogP contribution in [0.25, 0.3) is 0 Å². The van der Waals surface area contributed by atoms with Crippen LogP contribution in [-0.2, 0) is 13.8 Å². The molecule has 13 heteroatoms. The molecule has 220 valence electrons. The second-order valence-corrected chi connectivity index (χ2v) is 11.4. The van der Waals surface area contributed by atoms with Crippen LogP contribution in [0.5, 0.6) is 0 Å². The highest BCUT2D eigenvalue weighted by Crippen LogP contribution is 2.70. The first kappa shape index (κ1) is 30.6. The van der Waals surface area contributed by atoms with Crippen molar-refractivity contribution in [2.24, 2.45) is 0 Å². The van der Waals surface area contributed by atoms with Crippen molar-refractivity contribution < 1.29 is 48.9 Å². The molecular weight excluding hydrogens is 594 g/mol. The van der Waals surface area contributed by atoms with E-state index in [9.17, 15) is 35.9 Å². The van der Waals surface area contributed by atoms with Crippen LogP contribution in [0.3, 0.4) is 0 Å². The number of carbonyl (C=O) groups excluding carboxylic acids is 2. The van der Waals surface area contributed by atoms with Gasteiger partial charge >= 0.3 is 29.6 Å². The number of alkyl halides is 6. The molecule has 0 aromatic heterocycles. The Morgan fingerprint density at radius 3 is 1.43 bits per heavy atom. The lowest BCUT2D eigenvalue weighted by Crippen LogP contribution is -2.62. The van der Waals surface area contributed by atoms with Gasteiger partial charge < -0.3 is 9.50 Å². The molecule has 0 unspecified atom stereocenters. The fraction of sp³-hybridized carbons (Fsp3) is 0.103. The standard InChI is InChI=1S/C29H19F8NO3S/c30-19-11-15-21(16-12-19)38-25(39)27(32,33)29(36,37)28(34,35)26(40)41-42(22-7-3-1-4-8-22,23-9-5-2-6-10-23)24-17-13-20(31)14-18-24/h1-18H,(H,38,39). The summed E-state index contributed by atoms with van der Waals surface area (Å²) < 4.78 is 122. The van der Waals surface area contributed by atoms with Crippen LogP contribution in [0.2, 0.25) is 0 Å². The summed E-state index contributed by atoms with van der Waals surface area (Å²) >= 11 is 0. The van der Waals surface area contributed by atoms with E-state index in [0.717, 1.165) is 36.4 Å². The molecule has 4 aromatic rings. The lowest BCUT2D eigenvalue weighted by Gasteiger charge is -2.41. The van der Waals surface area contributed by atoms with Gasteiger partial charge in [-0.1, -0.05) is 36.4 Å². The third kappa shape index (κ3) is 5.43. The normalized spacial score (nSPS) is 12.9. The lowest BCUT2D eigenvalue weighted by atomic mass is 10.0. The largest absolute Gasteiger partial charge is 0.412 e. The summed E-state index contributed by atoms with van der Waals surface area (Å²) in [6.45, 7) is 0. The second-order valence-electron chi connectivity index (χ2n) is 8.69. The molecule has 0 fully saturated rings. The van der Waals surface area contributed by atoms with E-state index in [-0.39, 0.29) is 14.7 Å². The van der Waals surface area contributed by atoms with E-state index in [4.69, 9.17) is 4.18 Å². The van der Waals surface area contributed by atoms with E-state index in [1.165, 1.54) is 66.0 Å². The molecule has 4 aromatic carbocycles. The molecule has 0 aliphatic rings. The van der Waals surface area contributed by atoms with E-state index in [1.807, 2.05) is 0 Å². The summed E-state index contributed by atoms with van der Waals surface area (Å²) in [4.78, 5) is 25.0. The van der Waals surface area contributed by atoms with Crippen molar-refractivity contribution in [2.75, 3.05) is 5.32 Å². The Morgan fingerprint density at radius 2 is 0.976 bits per heavy atom. The number of rotatable bonds is 9. The Labute approximate surface area is 235 Å². The molecule has 42 heavy (non-hydrogen) atoms. The average molecular weight is 614 g/mol. The average Bonchev–Trinajstić information content (AvgIpc) is 2.98. The molecule has 1 amide bonds. The third-order valence-corrected chi connectivity index (χ3v) is 9.14. The Bertz CT molecular complexity index is 1510. The van der Waals surface area contributed by atoms with Crippen LogP contribution in [-0.4, -0.2) is 29.6 Å². The molecule has 0 radical (unpaired) electrons. The molecule has 1 N–H and O–H groups in total. The lowest BCUT2D eigenvalue weighted by molar-refractivity contribution is -0.290. The van der Waals surface area contributed by atoms with E-state index in [2.05, 4.69) is 0 Å². The second kappa shape index (κ2) is 11.5. The SMILES string of the molecule is O=C(Nc1ccc(F)cc1)C(F)(F)C(F)(F)C(F)(F)C(=O)OS(c1ccccc1)(c1ccccc1)c1ccc(F)cc1. The van der Waals surface area contributed by atoms with E-state index < -0.39 is 57.3 Å². The fourth-order valence-electron chi connectivity index (χ4n) is 3.78. The molecule has 0 atom stereocenters. The Morgan fingerprint density at radius 1 is 0.571 bits per heavy atom. The number of benzene rings is 4. The molecule has 0 bridgehead atoms. The Hall–Kier alpha value is -4.39. The van der Waals surface area contributed by atoms with E-state index in [0.29, 0.717) is 12.1 Å². The Kier molecular flexibility index (Phi) is 8.35. The number of hydrogen-bond acceptors (Lipinski definition) is 3. The number of amides is 1. The van der Waals surface area contributed by atoms with Crippen LogP contribution in [0.4, 0.5) is 40.8 Å². The zero-order valence-corrected chi connectivity index (χ0v) is 21.9. The van der Waals surface area contributed by atoms with Gasteiger partial charge in [0.25, 0.3) is 0 Å². The van der Waals surface area contributed by atoms with Crippen molar-refractivity contribution in [2.45, 2.75) is 32.5 Å². The molecule has 4 rings (SSSR count). The topological polar surface area (TPSA) is 55.4 Å². The number of carbonyl (C=O) groups is 2. The summed E-state index contributed by atoms with van der Waals surface area (Å²) in [5.74, 6) is -26.6. The van der Waals surface area contributed by atoms with Gasteiger partial charge in [0.15, 0.2) is 0 Å². The van der Waals surface area contributed by atoms with Crippen LogP contribution >= 0.6 is 10.3 Å². The number of anilines is 1. The monoisotopic (exact) mass is 613 g/mol. The zero-order chi connectivity index (χ0) is 30.8. The van der Waals surface area contributed by atoms with Crippen molar-refractivity contribution in [1.29, 1.82) is 0 Å². The highest BCUT2D eigenvalue weighted by molar-refractivity contribution is 8.30. The van der Waals surface area contributed by atoms with Crippen LogP contribution in [0.15, 0.2) is 124 Å². The van der Waals surface area contributed by atoms with Gasteiger partial charge in [-0.25, -0.2) is 13.6 Å². The molecule has 0 aliphatic heterocycles. The predicted molar refractivity (Wildman–Crippen MR) is 138 cm³/mol. The van der Waals surface area contributed by atoms with Gasteiger partial charge in [0.05, 0.1) is 0 Å². The van der Waals surface area contributed by atoms with Crippen molar-refractivity contribution in [3.8, 4) is 0 Å². The van der Waals surface area contributed by atoms with Crippen LogP contribution in [0.1, 0.15) is 0 Å². The number of hydrogen-bond donors (Lipinski definition) is 1. The summed E-state index contributed by atoms with van der Waals surface area (Å²) in [6.07, 6.45) is 0. The first-order valence-electron chi connectivity index (χ1n) is 11.9. The molecule has 0 saturated heterocycles. The maximum atomic E-state index is 15.2. The Balaban J connectivity index is 1.79. The smallest absolute Gasteiger partial charge is 0.397 e. The first-order chi connectivity index (χ1) is 19.7. The molecule has 0 heterocycles. The van der Waals surface area contributed by atoms with Gasteiger partial charge in [0, 0.05) is 20.4 Å². The maximum absolute atomic E-state index is 15.2. The van der Waals surface area contributed by atoms with Gasteiger partial charge in [-0.3, -0.25) is 4.79 Å². The van der Waals surface area contributed by atoms with E-state index >= 15 is 8.78 Å². The number of halogens is 8. The minimum Gasteiger partial charge on any atom is -0.397 e. The maximum Gasteiger partial charge on any atom is 0.412 e. The molecule has 0 spiro atoms. The summed E-state index contributed by atoms with van der Waals surface area (Å²) in [5, 5.41) is 1.31. The highest BCUT2D eigenvalue weighted by atomic mass is 32.3. The highest BCUT2D eigenvalue weighted by Gasteiger charge is 2.79. The zero-order valence-electron chi connectivity index (χ0n) is 21.0. The van der Waals surface area contributed by atoms with Crippen LogP contribution < -0.4 is 5.32 Å². The summed E-state index contributed by atoms with van der Waals surface area (Å²) in [5.41, 5.74) is -0.601. The van der Waals surface area contributed by atoms with Gasteiger partial charge in [0.1, 0.15) is 11.6 Å². The summed E-state index contributed by atoms with van der Waals surface area (Å²) in [6, 6.07) is 20.9. The fourth-order valence-corrected chi connectivity index (χ4v) is 6.82. The van der Waals surface area contributed by atoms with Gasteiger partial charge in [-0.2, -0.15) is 26.3 Å².